The Balaban J connectivity index is 1.72. The summed E-state index contributed by atoms with van der Waals surface area (Å²) in [6.45, 7) is 1.88. The molecule has 0 radical (unpaired) electrons. The maximum Gasteiger partial charge on any atom is 0.291 e. The second-order valence-corrected chi connectivity index (χ2v) is 5.82. The summed E-state index contributed by atoms with van der Waals surface area (Å²) in [5.74, 6) is 0.703. The summed E-state index contributed by atoms with van der Waals surface area (Å²) >= 11 is 0. The van der Waals surface area contributed by atoms with Crippen LogP contribution in [0, 0.1) is 6.92 Å². The molecule has 0 saturated carbocycles. The molecule has 1 N–H and O–H groups in total. The zero-order valence-corrected chi connectivity index (χ0v) is 13.9. The quantitative estimate of drug-likeness (QED) is 0.619. The number of rotatable bonds is 3. The van der Waals surface area contributed by atoms with E-state index < -0.39 is 0 Å². The van der Waals surface area contributed by atoms with E-state index >= 15 is 0 Å². The molecular weight excluding hydrogens is 316 g/mol. The first-order valence-corrected chi connectivity index (χ1v) is 7.88. The molecule has 0 bridgehead atoms. The first kappa shape index (κ1) is 15.1. The molecule has 2 heterocycles. The fourth-order valence-electron chi connectivity index (χ4n) is 2.88. The molecule has 0 unspecified atom stereocenters. The van der Waals surface area contributed by atoms with Gasteiger partial charge in [-0.15, -0.1) is 10.2 Å². The average molecular weight is 332 g/mol. The molecule has 0 fully saturated rings. The number of fused-ring (bicyclic) bond motifs is 1. The molecule has 0 aliphatic rings. The van der Waals surface area contributed by atoms with Gasteiger partial charge in [0, 0.05) is 23.6 Å². The molecule has 25 heavy (non-hydrogen) atoms. The molecule has 0 spiro atoms. The number of amides is 1. The molecule has 2 aromatic carbocycles. The lowest BCUT2D eigenvalue weighted by molar-refractivity contribution is 0.0998. The van der Waals surface area contributed by atoms with Crippen molar-refractivity contribution in [3.05, 3.63) is 66.2 Å². The molecule has 4 rings (SSSR count). The van der Waals surface area contributed by atoms with E-state index in [-0.39, 0.29) is 5.91 Å². The first-order chi connectivity index (χ1) is 12.1. The number of hydrogen-bond donors (Lipinski definition) is 1. The highest BCUT2D eigenvalue weighted by Crippen LogP contribution is 2.28. The maximum absolute atomic E-state index is 12.8. The molecular formula is C19H16N4O2. The summed E-state index contributed by atoms with van der Waals surface area (Å²) in [5.41, 5.74) is 2.98. The van der Waals surface area contributed by atoms with E-state index in [4.69, 9.17) is 4.42 Å². The second-order valence-electron chi connectivity index (χ2n) is 5.82. The van der Waals surface area contributed by atoms with Crippen LogP contribution in [0.3, 0.4) is 0 Å². The minimum Gasteiger partial charge on any atom is -0.451 e. The SMILES string of the molecule is Cc1c(C(=O)Nc2ccccc2-c2nncn2C)oc2ccccc12. The fourth-order valence-corrected chi connectivity index (χ4v) is 2.88. The van der Waals surface area contributed by atoms with Gasteiger partial charge in [0.1, 0.15) is 11.9 Å². The van der Waals surface area contributed by atoms with Gasteiger partial charge in [0.05, 0.1) is 5.69 Å². The Hall–Kier alpha value is -3.41. The third kappa shape index (κ3) is 2.57. The highest BCUT2D eigenvalue weighted by molar-refractivity contribution is 6.07. The predicted molar refractivity (Wildman–Crippen MR) is 95.3 cm³/mol. The van der Waals surface area contributed by atoms with E-state index in [0.29, 0.717) is 22.9 Å². The molecule has 4 aromatic rings. The Morgan fingerprint density at radius 1 is 1.12 bits per heavy atom. The van der Waals surface area contributed by atoms with E-state index in [9.17, 15) is 4.79 Å². The molecule has 0 aliphatic heterocycles. The van der Waals surface area contributed by atoms with Gasteiger partial charge in [-0.25, -0.2) is 0 Å². The van der Waals surface area contributed by atoms with Gasteiger partial charge in [-0.2, -0.15) is 0 Å². The van der Waals surface area contributed by atoms with Crippen LogP contribution >= 0.6 is 0 Å². The topological polar surface area (TPSA) is 73.0 Å². The number of aromatic nitrogens is 3. The van der Waals surface area contributed by atoms with Crippen molar-refractivity contribution in [1.82, 2.24) is 14.8 Å². The van der Waals surface area contributed by atoms with Crippen molar-refractivity contribution in [2.75, 3.05) is 5.32 Å². The smallest absolute Gasteiger partial charge is 0.291 e. The van der Waals surface area contributed by atoms with Crippen LogP contribution in [0.2, 0.25) is 0 Å². The number of furan rings is 1. The van der Waals surface area contributed by atoms with Gasteiger partial charge < -0.3 is 14.3 Å². The van der Waals surface area contributed by atoms with Gasteiger partial charge in [-0.1, -0.05) is 30.3 Å². The Morgan fingerprint density at radius 2 is 1.88 bits per heavy atom. The van der Waals surface area contributed by atoms with Gasteiger partial charge >= 0.3 is 0 Å². The minimum atomic E-state index is -0.289. The van der Waals surface area contributed by atoms with Crippen LogP contribution in [0.15, 0.2) is 59.3 Å². The number of benzene rings is 2. The number of para-hydroxylation sites is 2. The lowest BCUT2D eigenvalue weighted by Gasteiger charge is -2.09. The summed E-state index contributed by atoms with van der Waals surface area (Å²) < 4.78 is 7.54. The summed E-state index contributed by atoms with van der Waals surface area (Å²) in [5, 5.41) is 11.9. The van der Waals surface area contributed by atoms with Crippen LogP contribution in [0.25, 0.3) is 22.4 Å². The highest BCUT2D eigenvalue weighted by atomic mass is 16.3. The first-order valence-electron chi connectivity index (χ1n) is 7.88. The zero-order chi connectivity index (χ0) is 17.4. The summed E-state index contributed by atoms with van der Waals surface area (Å²) in [7, 11) is 1.86. The summed E-state index contributed by atoms with van der Waals surface area (Å²) in [4.78, 5) is 12.8. The Bertz CT molecular complexity index is 1080. The molecule has 124 valence electrons. The van der Waals surface area contributed by atoms with Crippen molar-refractivity contribution in [3.8, 4) is 11.4 Å². The molecule has 1 amide bonds. The lowest BCUT2D eigenvalue weighted by atomic mass is 10.1. The van der Waals surface area contributed by atoms with Gasteiger partial charge in [0.2, 0.25) is 0 Å². The second kappa shape index (κ2) is 5.90. The highest BCUT2D eigenvalue weighted by Gasteiger charge is 2.19. The van der Waals surface area contributed by atoms with Crippen LogP contribution in [-0.2, 0) is 7.05 Å². The Morgan fingerprint density at radius 3 is 2.64 bits per heavy atom. The monoisotopic (exact) mass is 332 g/mol. The van der Waals surface area contributed by atoms with Crippen molar-refractivity contribution < 1.29 is 9.21 Å². The minimum absolute atomic E-state index is 0.289. The van der Waals surface area contributed by atoms with E-state index in [1.54, 1.807) is 10.9 Å². The van der Waals surface area contributed by atoms with Gasteiger partial charge in [-0.3, -0.25) is 4.79 Å². The number of carbonyl (C=O) groups excluding carboxylic acids is 1. The van der Waals surface area contributed by atoms with E-state index in [1.807, 2.05) is 62.5 Å². The van der Waals surface area contributed by atoms with E-state index in [1.165, 1.54) is 0 Å². The average Bonchev–Trinajstić information content (AvgIpc) is 3.19. The van der Waals surface area contributed by atoms with Crippen molar-refractivity contribution in [1.29, 1.82) is 0 Å². The Kier molecular flexibility index (Phi) is 3.57. The van der Waals surface area contributed by atoms with Crippen LogP contribution in [0.4, 0.5) is 5.69 Å². The third-order valence-corrected chi connectivity index (χ3v) is 4.18. The summed E-state index contributed by atoms with van der Waals surface area (Å²) in [6.07, 6.45) is 1.62. The third-order valence-electron chi connectivity index (χ3n) is 4.18. The lowest BCUT2D eigenvalue weighted by Crippen LogP contribution is -2.13. The van der Waals surface area contributed by atoms with Gasteiger partial charge in [0.15, 0.2) is 11.6 Å². The number of carbonyl (C=O) groups is 1. The van der Waals surface area contributed by atoms with Crippen molar-refractivity contribution >= 4 is 22.6 Å². The largest absolute Gasteiger partial charge is 0.451 e. The number of anilines is 1. The number of aryl methyl sites for hydroxylation is 2. The molecule has 0 aliphatic carbocycles. The maximum atomic E-state index is 12.8. The van der Waals surface area contributed by atoms with Gasteiger partial charge in [0.25, 0.3) is 5.91 Å². The van der Waals surface area contributed by atoms with Crippen LogP contribution in [0.5, 0.6) is 0 Å². The van der Waals surface area contributed by atoms with Crippen molar-refractivity contribution in [2.24, 2.45) is 7.05 Å². The predicted octanol–water partition coefficient (Wildman–Crippen LogP) is 3.79. The molecule has 0 atom stereocenters. The van der Waals surface area contributed by atoms with E-state index in [2.05, 4.69) is 15.5 Å². The Labute approximate surface area is 144 Å². The molecule has 0 saturated heterocycles. The standard InChI is InChI=1S/C19H16N4O2/c1-12-13-7-4-6-10-16(13)25-17(12)19(24)21-15-9-5-3-8-14(15)18-22-20-11-23(18)2/h3-11H,1-2H3,(H,21,24). The normalized spacial score (nSPS) is 11.0. The fraction of sp³-hybridized carbons (Fsp3) is 0.105. The van der Waals surface area contributed by atoms with Crippen molar-refractivity contribution in [2.45, 2.75) is 6.92 Å². The number of hydrogen-bond acceptors (Lipinski definition) is 4. The zero-order valence-electron chi connectivity index (χ0n) is 13.9. The van der Waals surface area contributed by atoms with Gasteiger partial charge in [-0.05, 0) is 25.1 Å². The number of nitrogens with zero attached hydrogens (tertiary/aromatic N) is 3. The van der Waals surface area contributed by atoms with E-state index in [0.717, 1.165) is 16.5 Å². The van der Waals surface area contributed by atoms with Crippen LogP contribution < -0.4 is 5.32 Å². The molecule has 2 aromatic heterocycles. The van der Waals surface area contributed by atoms with Crippen molar-refractivity contribution in [3.63, 3.8) is 0 Å². The molecule has 6 nitrogen and oxygen atoms in total. The number of nitrogens with one attached hydrogen (secondary N) is 1. The van der Waals surface area contributed by atoms with Crippen LogP contribution in [0.1, 0.15) is 16.1 Å². The van der Waals surface area contributed by atoms with Crippen LogP contribution in [-0.4, -0.2) is 20.7 Å². The summed E-state index contributed by atoms with van der Waals surface area (Å²) in [6, 6.07) is 15.1. The molecule has 6 heteroatoms.